The van der Waals surface area contributed by atoms with Crippen molar-refractivity contribution in [1.82, 2.24) is 4.72 Å². The van der Waals surface area contributed by atoms with Gasteiger partial charge in [-0.2, -0.15) is 14.8 Å². The van der Waals surface area contributed by atoms with E-state index in [1.54, 1.807) is 12.1 Å². The molecule has 1 aromatic carbocycles. The second kappa shape index (κ2) is 15.8. The number of unbranched alkanes of at least 4 members (excludes halogenated alkanes) is 12. The summed E-state index contributed by atoms with van der Waals surface area (Å²) in [6.45, 7) is 2.25. The first-order chi connectivity index (χ1) is 16.7. The molecule has 1 aliphatic heterocycles. The van der Waals surface area contributed by atoms with Crippen LogP contribution in [0.15, 0.2) is 35.4 Å². The van der Waals surface area contributed by atoms with E-state index in [0.29, 0.717) is 17.8 Å². The molecule has 1 aromatic rings. The Labute approximate surface area is 236 Å². The lowest BCUT2D eigenvalue weighted by atomic mass is 10.0. The number of hydrogen-bond acceptors (Lipinski definition) is 4. The SMILES string of the molecule is CCCCCCCCCCCCCCCC1=NN(c2ccccc2)C(=O)C1NS(=O)(=O)C(Br)(Br)Br. The van der Waals surface area contributed by atoms with Crippen molar-refractivity contribution in [2.75, 3.05) is 5.01 Å². The average molecular weight is 700 g/mol. The van der Waals surface area contributed by atoms with Gasteiger partial charge in [0.2, 0.25) is 11.5 Å². The van der Waals surface area contributed by atoms with Crippen LogP contribution in [-0.2, 0) is 14.8 Å². The third-order valence-electron chi connectivity index (χ3n) is 6.13. The Morgan fingerprint density at radius 2 is 1.34 bits per heavy atom. The highest BCUT2D eigenvalue weighted by atomic mass is 80.0. The van der Waals surface area contributed by atoms with Crippen molar-refractivity contribution >= 4 is 75.1 Å². The largest absolute Gasteiger partial charge is 0.271 e. The standard InChI is InChI=1S/C25H38Br3N3O3S/c1-2-3-4-5-6-7-8-9-10-11-12-13-17-20-22-23(30-35(33,34)25(26,27)28)24(32)31(29-22)21-18-15-14-16-19-21/h14-16,18-19,23,30H,2-13,17,20H2,1H3. The van der Waals surface area contributed by atoms with Crippen molar-refractivity contribution in [3.8, 4) is 0 Å². The van der Waals surface area contributed by atoms with Gasteiger partial charge in [-0.25, -0.2) is 8.42 Å². The Bertz CT molecular complexity index is 906. The molecule has 10 heteroatoms. The smallest absolute Gasteiger partial charge is 0.270 e. The summed E-state index contributed by atoms with van der Waals surface area (Å²) in [5, 5.41) is 5.80. The third kappa shape index (κ3) is 10.5. The van der Waals surface area contributed by atoms with Gasteiger partial charge in [-0.15, -0.1) is 0 Å². The summed E-state index contributed by atoms with van der Waals surface area (Å²) in [5.74, 6) is -0.402. The van der Waals surface area contributed by atoms with E-state index in [-0.39, 0.29) is 0 Å². The summed E-state index contributed by atoms with van der Waals surface area (Å²) in [7, 11) is -3.94. The van der Waals surface area contributed by atoms with Gasteiger partial charge in [0.1, 0.15) is 6.04 Å². The molecule has 1 heterocycles. The fraction of sp³-hybridized carbons (Fsp3) is 0.680. The molecule has 0 bridgehead atoms. The summed E-state index contributed by atoms with van der Waals surface area (Å²) in [5.41, 5.74) is 1.16. The van der Waals surface area contributed by atoms with Gasteiger partial charge < -0.3 is 0 Å². The Morgan fingerprint density at radius 3 is 1.83 bits per heavy atom. The zero-order valence-corrected chi connectivity index (χ0v) is 26.1. The molecular weight excluding hydrogens is 662 g/mol. The molecule has 2 rings (SSSR count). The highest BCUT2D eigenvalue weighted by Gasteiger charge is 2.44. The third-order valence-corrected chi connectivity index (χ3v) is 11.1. The Balaban J connectivity index is 1.80. The van der Waals surface area contributed by atoms with Crippen molar-refractivity contribution in [3.05, 3.63) is 30.3 Å². The normalized spacial score (nSPS) is 16.7. The molecule has 6 nitrogen and oxygen atoms in total. The predicted octanol–water partition coefficient (Wildman–Crippen LogP) is 7.95. The lowest BCUT2D eigenvalue weighted by Crippen LogP contribution is -2.49. The van der Waals surface area contributed by atoms with Crippen LogP contribution in [0.1, 0.15) is 96.8 Å². The molecular formula is C25H38Br3N3O3S. The van der Waals surface area contributed by atoms with Crippen molar-refractivity contribution in [2.45, 2.75) is 104 Å². The van der Waals surface area contributed by atoms with Crippen LogP contribution in [0, 0.1) is 0 Å². The van der Waals surface area contributed by atoms with Gasteiger partial charge in [-0.1, -0.05) is 102 Å². The van der Waals surface area contributed by atoms with Crippen molar-refractivity contribution < 1.29 is 13.2 Å². The maximum atomic E-state index is 13.1. The van der Waals surface area contributed by atoms with Crippen LogP contribution < -0.4 is 9.73 Å². The van der Waals surface area contributed by atoms with Crippen LogP contribution in [-0.4, -0.2) is 27.6 Å². The number of benzene rings is 1. The van der Waals surface area contributed by atoms with Crippen LogP contribution >= 0.6 is 47.8 Å². The van der Waals surface area contributed by atoms with Gasteiger partial charge in [-0.3, -0.25) is 4.79 Å². The van der Waals surface area contributed by atoms with Crippen molar-refractivity contribution in [3.63, 3.8) is 0 Å². The second-order valence-electron chi connectivity index (χ2n) is 9.07. The molecule has 35 heavy (non-hydrogen) atoms. The van der Waals surface area contributed by atoms with E-state index in [2.05, 4.69) is 64.5 Å². The predicted molar refractivity (Wildman–Crippen MR) is 157 cm³/mol. The molecule has 0 radical (unpaired) electrons. The van der Waals surface area contributed by atoms with Gasteiger partial charge in [0, 0.05) is 0 Å². The van der Waals surface area contributed by atoms with Gasteiger partial charge in [0.05, 0.1) is 11.4 Å². The number of rotatable bonds is 17. The summed E-state index contributed by atoms with van der Waals surface area (Å²) in [4.78, 5) is 13.1. The Kier molecular flexibility index (Phi) is 14.0. The molecule has 198 valence electrons. The number of para-hydroxylation sites is 1. The molecule has 0 saturated heterocycles. The lowest BCUT2D eigenvalue weighted by Gasteiger charge is -2.19. The summed E-state index contributed by atoms with van der Waals surface area (Å²) in [6, 6.07) is 8.04. The Hall–Kier alpha value is -0.290. The quantitative estimate of drug-likeness (QED) is 0.132. The number of nitrogens with zero attached hydrogens (tertiary/aromatic N) is 2. The number of amides is 1. The zero-order valence-electron chi connectivity index (χ0n) is 20.5. The maximum Gasteiger partial charge on any atom is 0.271 e. The van der Waals surface area contributed by atoms with Crippen LogP contribution in [0.3, 0.4) is 0 Å². The van der Waals surface area contributed by atoms with Crippen LogP contribution in [0.4, 0.5) is 5.69 Å². The summed E-state index contributed by atoms with van der Waals surface area (Å²) >= 11 is 9.13. The van der Waals surface area contributed by atoms with E-state index in [9.17, 15) is 13.2 Å². The van der Waals surface area contributed by atoms with Crippen molar-refractivity contribution in [2.24, 2.45) is 5.10 Å². The first kappa shape index (κ1) is 30.9. The maximum absolute atomic E-state index is 13.1. The molecule has 0 aliphatic carbocycles. The van der Waals surface area contributed by atoms with Gasteiger partial charge in [0.15, 0.2) is 0 Å². The minimum atomic E-state index is -3.94. The molecule has 0 saturated carbocycles. The molecule has 0 fully saturated rings. The molecule has 1 unspecified atom stereocenters. The number of carbonyl (C=O) groups is 1. The fourth-order valence-electron chi connectivity index (χ4n) is 4.11. The number of anilines is 1. The second-order valence-corrected chi connectivity index (χ2v) is 19.3. The molecule has 0 aromatic heterocycles. The first-order valence-corrected chi connectivity index (χ1v) is 16.6. The molecule has 1 N–H and O–H groups in total. The zero-order chi connectivity index (χ0) is 25.7. The number of sulfonamides is 1. The number of hydrogen-bond donors (Lipinski definition) is 1. The van der Waals surface area contributed by atoms with E-state index in [1.165, 1.54) is 69.2 Å². The lowest BCUT2D eigenvalue weighted by molar-refractivity contribution is -0.118. The van der Waals surface area contributed by atoms with E-state index in [4.69, 9.17) is 0 Å². The van der Waals surface area contributed by atoms with Gasteiger partial charge in [0.25, 0.3) is 5.91 Å². The van der Waals surface area contributed by atoms with Crippen LogP contribution in [0.25, 0.3) is 0 Å². The fourth-order valence-corrected chi connectivity index (χ4v) is 5.63. The molecule has 1 atom stereocenters. The number of halogens is 3. The van der Waals surface area contributed by atoms with Crippen LogP contribution in [0.5, 0.6) is 0 Å². The summed E-state index contributed by atoms with van der Waals surface area (Å²) in [6.07, 6.45) is 16.9. The number of nitrogens with one attached hydrogen (secondary N) is 1. The van der Waals surface area contributed by atoms with E-state index in [0.717, 1.165) is 19.3 Å². The number of carbonyl (C=O) groups excluding carboxylic acids is 1. The molecule has 1 amide bonds. The minimum absolute atomic E-state index is 0.402. The van der Waals surface area contributed by atoms with Gasteiger partial charge >= 0.3 is 0 Å². The monoisotopic (exact) mass is 697 g/mol. The average Bonchev–Trinajstić information content (AvgIpc) is 3.11. The molecule has 0 spiro atoms. The minimum Gasteiger partial charge on any atom is -0.270 e. The van der Waals surface area contributed by atoms with Crippen molar-refractivity contribution in [1.29, 1.82) is 0 Å². The summed E-state index contributed by atoms with van der Waals surface area (Å²) < 4.78 is 26.2. The topological polar surface area (TPSA) is 78.8 Å². The first-order valence-electron chi connectivity index (χ1n) is 12.7. The van der Waals surface area contributed by atoms with E-state index >= 15 is 0 Å². The number of hydrazone groups is 1. The number of alkyl halides is 3. The highest BCUT2D eigenvalue weighted by molar-refractivity contribution is 9.42. The molecule has 1 aliphatic rings. The van der Waals surface area contributed by atoms with Crippen LogP contribution in [0.2, 0.25) is 0 Å². The Morgan fingerprint density at radius 1 is 0.857 bits per heavy atom. The van der Waals surface area contributed by atoms with E-state index in [1.807, 2.05) is 18.2 Å². The van der Waals surface area contributed by atoms with Gasteiger partial charge in [-0.05, 0) is 72.8 Å². The highest BCUT2D eigenvalue weighted by Crippen LogP contribution is 2.39. The van der Waals surface area contributed by atoms with E-state index < -0.39 is 23.4 Å².